The zero-order chi connectivity index (χ0) is 15.6. The Labute approximate surface area is 138 Å². The van der Waals surface area contributed by atoms with Gasteiger partial charge in [0.05, 0.1) is 11.0 Å². The van der Waals surface area contributed by atoms with Gasteiger partial charge >= 0.3 is 0 Å². The van der Waals surface area contributed by atoms with E-state index >= 15 is 0 Å². The highest BCUT2D eigenvalue weighted by atomic mass is 15.1. The molecular formula is C21H24N2. The summed E-state index contributed by atoms with van der Waals surface area (Å²) in [7, 11) is 0. The molecule has 1 fully saturated rings. The molecule has 23 heavy (non-hydrogen) atoms. The summed E-state index contributed by atoms with van der Waals surface area (Å²) in [6.45, 7) is 2.15. The van der Waals surface area contributed by atoms with Crippen molar-refractivity contribution in [3.8, 4) is 0 Å². The topological polar surface area (TPSA) is 17.8 Å². The van der Waals surface area contributed by atoms with Crippen LogP contribution in [-0.2, 0) is 6.42 Å². The average molecular weight is 304 g/mol. The fourth-order valence-corrected chi connectivity index (χ4v) is 4.18. The monoisotopic (exact) mass is 304 g/mol. The van der Waals surface area contributed by atoms with Gasteiger partial charge in [-0.25, -0.2) is 4.98 Å². The van der Waals surface area contributed by atoms with E-state index in [-0.39, 0.29) is 0 Å². The van der Waals surface area contributed by atoms with Crippen molar-refractivity contribution in [2.45, 2.75) is 45.1 Å². The predicted molar refractivity (Wildman–Crippen MR) is 95.6 cm³/mol. The second kappa shape index (κ2) is 6.19. The van der Waals surface area contributed by atoms with Crippen molar-refractivity contribution in [3.63, 3.8) is 0 Å². The van der Waals surface area contributed by atoms with Crippen molar-refractivity contribution in [2.24, 2.45) is 5.92 Å². The lowest BCUT2D eigenvalue weighted by Gasteiger charge is -2.30. The molecule has 0 atom stereocenters. The summed E-state index contributed by atoms with van der Waals surface area (Å²) in [5.41, 5.74) is 3.92. The van der Waals surface area contributed by atoms with Crippen LogP contribution >= 0.6 is 0 Å². The van der Waals surface area contributed by atoms with Crippen LogP contribution in [0.15, 0.2) is 54.6 Å². The van der Waals surface area contributed by atoms with Crippen LogP contribution in [0.3, 0.4) is 0 Å². The molecule has 4 rings (SSSR count). The summed E-state index contributed by atoms with van der Waals surface area (Å²) in [5.74, 6) is 2.00. The van der Waals surface area contributed by atoms with Gasteiger partial charge in [-0.1, -0.05) is 42.5 Å². The standard InChI is InChI=1S/C21H24N2/c1-16-22-20-9-5-6-10-21(20)23(16)19-13-11-18(12-14-19)15-17-7-3-2-4-8-17/h2-10,18-19H,11-15H2,1H3. The van der Waals surface area contributed by atoms with E-state index in [2.05, 4.69) is 66.1 Å². The first-order chi connectivity index (χ1) is 11.3. The zero-order valence-corrected chi connectivity index (χ0v) is 13.8. The Morgan fingerprint density at radius 3 is 2.39 bits per heavy atom. The summed E-state index contributed by atoms with van der Waals surface area (Å²) in [4.78, 5) is 4.74. The number of para-hydroxylation sites is 2. The van der Waals surface area contributed by atoms with Gasteiger partial charge in [-0.3, -0.25) is 0 Å². The first-order valence-electron chi connectivity index (χ1n) is 8.79. The third-order valence-electron chi connectivity index (χ3n) is 5.32. The first-order valence-corrected chi connectivity index (χ1v) is 8.79. The molecule has 0 bridgehead atoms. The van der Waals surface area contributed by atoms with Crippen LogP contribution in [0.4, 0.5) is 0 Å². The fraction of sp³-hybridized carbons (Fsp3) is 0.381. The minimum atomic E-state index is 0.620. The molecule has 1 aliphatic carbocycles. The van der Waals surface area contributed by atoms with E-state index < -0.39 is 0 Å². The summed E-state index contributed by atoms with van der Waals surface area (Å²) < 4.78 is 2.48. The van der Waals surface area contributed by atoms with Gasteiger partial charge in [0.25, 0.3) is 0 Å². The highest BCUT2D eigenvalue weighted by Crippen LogP contribution is 2.36. The van der Waals surface area contributed by atoms with Gasteiger partial charge in [0.2, 0.25) is 0 Å². The van der Waals surface area contributed by atoms with Gasteiger partial charge in [0.1, 0.15) is 5.82 Å². The van der Waals surface area contributed by atoms with Crippen LogP contribution in [0.25, 0.3) is 11.0 Å². The molecule has 118 valence electrons. The van der Waals surface area contributed by atoms with Crippen molar-refractivity contribution in [1.29, 1.82) is 0 Å². The molecule has 1 aromatic heterocycles. The van der Waals surface area contributed by atoms with E-state index in [1.165, 1.54) is 43.2 Å². The van der Waals surface area contributed by atoms with Gasteiger partial charge in [-0.05, 0) is 62.6 Å². The highest BCUT2D eigenvalue weighted by molar-refractivity contribution is 5.76. The highest BCUT2D eigenvalue weighted by Gasteiger charge is 2.24. The molecule has 2 nitrogen and oxygen atoms in total. The zero-order valence-electron chi connectivity index (χ0n) is 13.8. The number of nitrogens with zero attached hydrogens (tertiary/aromatic N) is 2. The minimum Gasteiger partial charge on any atom is -0.325 e. The molecule has 2 heteroatoms. The molecule has 0 radical (unpaired) electrons. The van der Waals surface area contributed by atoms with Crippen LogP contribution in [0, 0.1) is 12.8 Å². The molecule has 3 aromatic rings. The van der Waals surface area contributed by atoms with Gasteiger partial charge in [0.15, 0.2) is 0 Å². The lowest BCUT2D eigenvalue weighted by molar-refractivity contribution is 0.275. The number of aromatic nitrogens is 2. The van der Waals surface area contributed by atoms with Crippen molar-refractivity contribution in [3.05, 3.63) is 66.0 Å². The average Bonchev–Trinajstić information content (AvgIpc) is 2.92. The molecule has 1 saturated carbocycles. The van der Waals surface area contributed by atoms with Crippen molar-refractivity contribution in [2.75, 3.05) is 0 Å². The Morgan fingerprint density at radius 1 is 0.913 bits per heavy atom. The molecule has 0 N–H and O–H groups in total. The van der Waals surface area contributed by atoms with Crippen LogP contribution in [0.2, 0.25) is 0 Å². The summed E-state index contributed by atoms with van der Waals surface area (Å²) >= 11 is 0. The summed E-state index contributed by atoms with van der Waals surface area (Å²) in [6, 6.07) is 20.1. The minimum absolute atomic E-state index is 0.620. The van der Waals surface area contributed by atoms with E-state index in [1.54, 1.807) is 0 Å². The van der Waals surface area contributed by atoms with Crippen LogP contribution < -0.4 is 0 Å². The Kier molecular flexibility index (Phi) is 3.90. The second-order valence-corrected chi connectivity index (χ2v) is 6.88. The number of aryl methyl sites for hydroxylation is 1. The maximum absolute atomic E-state index is 4.74. The smallest absolute Gasteiger partial charge is 0.106 e. The lowest BCUT2D eigenvalue weighted by Crippen LogP contribution is -2.20. The fourth-order valence-electron chi connectivity index (χ4n) is 4.18. The molecule has 0 spiro atoms. The maximum Gasteiger partial charge on any atom is 0.106 e. The van der Waals surface area contributed by atoms with E-state index in [0.29, 0.717) is 6.04 Å². The second-order valence-electron chi connectivity index (χ2n) is 6.88. The number of hydrogen-bond donors (Lipinski definition) is 0. The SMILES string of the molecule is Cc1nc2ccccc2n1C1CCC(Cc2ccccc2)CC1. The third-order valence-corrected chi connectivity index (χ3v) is 5.32. The van der Waals surface area contributed by atoms with Crippen molar-refractivity contribution >= 4 is 11.0 Å². The summed E-state index contributed by atoms with van der Waals surface area (Å²) in [6.07, 6.45) is 6.44. The van der Waals surface area contributed by atoms with Gasteiger partial charge in [-0.15, -0.1) is 0 Å². The van der Waals surface area contributed by atoms with Gasteiger partial charge in [0, 0.05) is 6.04 Å². The van der Waals surface area contributed by atoms with Crippen LogP contribution in [-0.4, -0.2) is 9.55 Å². The largest absolute Gasteiger partial charge is 0.325 e. The molecule has 0 unspecified atom stereocenters. The van der Waals surface area contributed by atoms with Gasteiger partial charge < -0.3 is 4.57 Å². The van der Waals surface area contributed by atoms with Gasteiger partial charge in [-0.2, -0.15) is 0 Å². The van der Waals surface area contributed by atoms with Crippen molar-refractivity contribution in [1.82, 2.24) is 9.55 Å². The molecule has 0 saturated heterocycles. The Balaban J connectivity index is 1.48. The number of imidazole rings is 1. The van der Waals surface area contributed by atoms with Crippen molar-refractivity contribution < 1.29 is 0 Å². The Morgan fingerprint density at radius 2 is 1.61 bits per heavy atom. The molecule has 1 heterocycles. The number of hydrogen-bond acceptors (Lipinski definition) is 1. The quantitative estimate of drug-likeness (QED) is 0.640. The Hall–Kier alpha value is -2.09. The third kappa shape index (κ3) is 2.90. The molecule has 0 aliphatic heterocycles. The summed E-state index contributed by atoms with van der Waals surface area (Å²) in [5, 5.41) is 0. The van der Waals surface area contributed by atoms with E-state index in [1.807, 2.05) is 0 Å². The van der Waals surface area contributed by atoms with Crippen LogP contribution in [0.5, 0.6) is 0 Å². The number of fused-ring (bicyclic) bond motifs is 1. The maximum atomic E-state index is 4.74. The lowest BCUT2D eigenvalue weighted by atomic mass is 9.82. The Bertz CT molecular complexity index is 780. The number of rotatable bonds is 3. The molecule has 2 aromatic carbocycles. The van der Waals surface area contributed by atoms with E-state index in [4.69, 9.17) is 4.98 Å². The molecular weight excluding hydrogens is 280 g/mol. The van der Waals surface area contributed by atoms with E-state index in [0.717, 1.165) is 17.3 Å². The first kappa shape index (κ1) is 14.5. The molecule has 1 aliphatic rings. The normalized spacial score (nSPS) is 21.6. The predicted octanol–water partition coefficient (Wildman–Crippen LogP) is 5.32. The van der Waals surface area contributed by atoms with Crippen LogP contribution in [0.1, 0.15) is 43.1 Å². The molecule has 0 amide bonds. The van der Waals surface area contributed by atoms with E-state index in [9.17, 15) is 0 Å². The number of benzene rings is 2.